The highest BCUT2D eigenvalue weighted by atomic mass is 32.2. The zero-order valence-electron chi connectivity index (χ0n) is 15.6. The molecule has 0 unspecified atom stereocenters. The third kappa shape index (κ3) is 5.43. The Morgan fingerprint density at radius 1 is 1.19 bits per heavy atom. The molecule has 7 heteroatoms. The molecule has 1 aromatic carbocycles. The van der Waals surface area contributed by atoms with Crippen molar-refractivity contribution in [2.24, 2.45) is 5.92 Å². The molecule has 0 atom stereocenters. The van der Waals surface area contributed by atoms with Crippen molar-refractivity contribution in [1.29, 1.82) is 0 Å². The third-order valence-electron chi connectivity index (χ3n) is 3.88. The quantitative estimate of drug-likeness (QED) is 0.420. The van der Waals surface area contributed by atoms with E-state index in [1.807, 2.05) is 29.6 Å². The van der Waals surface area contributed by atoms with Crippen molar-refractivity contribution >= 4 is 29.0 Å². The van der Waals surface area contributed by atoms with Crippen molar-refractivity contribution in [3.05, 3.63) is 47.8 Å². The predicted molar refractivity (Wildman–Crippen MR) is 112 cm³/mol. The van der Waals surface area contributed by atoms with Crippen LogP contribution in [0, 0.1) is 5.92 Å². The summed E-state index contributed by atoms with van der Waals surface area (Å²) >= 11 is 3.29. The van der Waals surface area contributed by atoms with E-state index in [1.165, 1.54) is 0 Å². The van der Waals surface area contributed by atoms with Crippen molar-refractivity contribution in [2.75, 3.05) is 12.3 Å². The molecule has 2 aromatic heterocycles. The Balaban J connectivity index is 1.66. The van der Waals surface area contributed by atoms with Crippen LogP contribution in [-0.4, -0.2) is 33.0 Å². The van der Waals surface area contributed by atoms with Gasteiger partial charge in [-0.05, 0) is 35.9 Å². The monoisotopic (exact) mass is 400 g/mol. The van der Waals surface area contributed by atoms with Gasteiger partial charge in [0.25, 0.3) is 0 Å². The Labute approximate surface area is 168 Å². The molecule has 3 rings (SSSR count). The Kier molecular flexibility index (Phi) is 7.06. The molecule has 0 aliphatic heterocycles. The van der Waals surface area contributed by atoms with Crippen LogP contribution in [0.25, 0.3) is 16.4 Å². The summed E-state index contributed by atoms with van der Waals surface area (Å²) in [4.78, 5) is 12.9. The van der Waals surface area contributed by atoms with E-state index in [0.29, 0.717) is 12.3 Å². The van der Waals surface area contributed by atoms with Gasteiger partial charge in [-0.15, -0.1) is 21.5 Å². The van der Waals surface area contributed by atoms with E-state index in [1.54, 1.807) is 23.1 Å². The van der Waals surface area contributed by atoms with E-state index in [9.17, 15) is 4.79 Å². The minimum absolute atomic E-state index is 0.119. The molecule has 142 valence electrons. The van der Waals surface area contributed by atoms with Gasteiger partial charge < -0.3 is 5.32 Å². The van der Waals surface area contributed by atoms with Gasteiger partial charge in [0.2, 0.25) is 5.91 Å². The van der Waals surface area contributed by atoms with E-state index in [0.717, 1.165) is 40.3 Å². The number of hydrogen-bond acceptors (Lipinski definition) is 5. The number of aromatic nitrogens is 3. The number of carbonyl (C=O) groups excluding carboxylic acids is 1. The summed E-state index contributed by atoms with van der Waals surface area (Å²) in [6.07, 6.45) is 1.35. The lowest BCUT2D eigenvalue weighted by atomic mass is 10.2. The second-order valence-corrected chi connectivity index (χ2v) is 8.61. The zero-order chi connectivity index (χ0) is 19.1. The van der Waals surface area contributed by atoms with E-state index < -0.39 is 0 Å². The Hall–Kier alpha value is -2.12. The topological polar surface area (TPSA) is 59.8 Å². The Morgan fingerprint density at radius 2 is 2.00 bits per heavy atom. The minimum Gasteiger partial charge on any atom is -0.356 e. The van der Waals surface area contributed by atoms with Crippen LogP contribution in [0.1, 0.15) is 26.7 Å². The van der Waals surface area contributed by atoms with Crippen LogP contribution in [0.15, 0.2) is 53.0 Å². The summed E-state index contributed by atoms with van der Waals surface area (Å²) in [5.74, 6) is 2.27. The fraction of sp³-hybridized carbons (Fsp3) is 0.350. The van der Waals surface area contributed by atoms with Gasteiger partial charge >= 0.3 is 0 Å². The van der Waals surface area contributed by atoms with Crippen LogP contribution < -0.4 is 5.32 Å². The summed E-state index contributed by atoms with van der Waals surface area (Å²) in [6.45, 7) is 4.92. The van der Waals surface area contributed by atoms with Gasteiger partial charge in [-0.1, -0.05) is 49.9 Å². The molecule has 0 spiro atoms. The molecule has 0 saturated carbocycles. The minimum atomic E-state index is 0.119. The molecule has 0 saturated heterocycles. The number of rotatable bonds is 9. The smallest absolute Gasteiger partial charge is 0.220 e. The van der Waals surface area contributed by atoms with Gasteiger partial charge in [0.1, 0.15) is 0 Å². The third-order valence-corrected chi connectivity index (χ3v) is 5.76. The van der Waals surface area contributed by atoms with Crippen LogP contribution in [0.2, 0.25) is 0 Å². The summed E-state index contributed by atoms with van der Waals surface area (Å²) < 4.78 is 2.09. The largest absolute Gasteiger partial charge is 0.356 e. The van der Waals surface area contributed by atoms with Crippen LogP contribution >= 0.6 is 23.1 Å². The van der Waals surface area contributed by atoms with Gasteiger partial charge in [-0.2, -0.15) is 0 Å². The van der Waals surface area contributed by atoms with E-state index >= 15 is 0 Å². The summed E-state index contributed by atoms with van der Waals surface area (Å²) in [6, 6.07) is 14.2. The van der Waals surface area contributed by atoms with Gasteiger partial charge in [0, 0.05) is 24.4 Å². The number of carbonyl (C=O) groups is 1. The maximum absolute atomic E-state index is 11.9. The first-order valence-electron chi connectivity index (χ1n) is 9.09. The molecule has 2 heterocycles. The molecule has 0 bridgehead atoms. The predicted octanol–water partition coefficient (Wildman–Crippen LogP) is 4.64. The summed E-state index contributed by atoms with van der Waals surface area (Å²) in [7, 11) is 0. The van der Waals surface area contributed by atoms with Crippen LogP contribution in [-0.2, 0) is 4.79 Å². The molecular weight excluding hydrogens is 376 g/mol. The molecular formula is C20H24N4OS2. The van der Waals surface area contributed by atoms with Crippen LogP contribution in [0.5, 0.6) is 0 Å². The molecule has 0 radical (unpaired) electrons. The van der Waals surface area contributed by atoms with Crippen molar-refractivity contribution < 1.29 is 4.79 Å². The molecule has 1 N–H and O–H groups in total. The number of hydrogen-bond donors (Lipinski definition) is 1. The fourth-order valence-corrected chi connectivity index (χ4v) is 4.13. The lowest BCUT2D eigenvalue weighted by molar-refractivity contribution is -0.121. The first-order valence-corrected chi connectivity index (χ1v) is 11.0. The second kappa shape index (κ2) is 9.71. The maximum atomic E-state index is 11.9. The first-order chi connectivity index (χ1) is 13.1. The average Bonchev–Trinajstić information content (AvgIpc) is 3.33. The van der Waals surface area contributed by atoms with Gasteiger partial charge in [-0.25, -0.2) is 0 Å². The lowest BCUT2D eigenvalue weighted by Gasteiger charge is -2.09. The Bertz CT molecular complexity index is 844. The standard InChI is InChI=1S/C20H24N4OS2/c1-15(2)14-21-18(25)11-7-13-27-20-23-22-19(17-10-6-12-26-17)24(20)16-8-4-3-5-9-16/h3-6,8-10,12,15H,7,11,13-14H2,1-2H3,(H,21,25). The lowest BCUT2D eigenvalue weighted by Crippen LogP contribution is -2.27. The Morgan fingerprint density at radius 3 is 2.70 bits per heavy atom. The number of amides is 1. The van der Waals surface area contributed by atoms with Crippen molar-refractivity contribution in [1.82, 2.24) is 20.1 Å². The normalized spacial score (nSPS) is 11.1. The van der Waals surface area contributed by atoms with Crippen LogP contribution in [0.4, 0.5) is 0 Å². The number of thioether (sulfide) groups is 1. The molecule has 0 aliphatic carbocycles. The highest BCUT2D eigenvalue weighted by molar-refractivity contribution is 7.99. The summed E-state index contributed by atoms with van der Waals surface area (Å²) in [5, 5.41) is 14.7. The number of nitrogens with zero attached hydrogens (tertiary/aromatic N) is 3. The number of benzene rings is 1. The van der Waals surface area contributed by atoms with E-state index in [4.69, 9.17) is 0 Å². The van der Waals surface area contributed by atoms with Gasteiger partial charge in [-0.3, -0.25) is 9.36 Å². The molecule has 3 aromatic rings. The van der Waals surface area contributed by atoms with E-state index in [2.05, 4.69) is 52.1 Å². The molecule has 0 fully saturated rings. The highest BCUT2D eigenvalue weighted by Gasteiger charge is 2.16. The molecule has 0 aliphatic rings. The van der Waals surface area contributed by atoms with Crippen molar-refractivity contribution in [2.45, 2.75) is 31.8 Å². The van der Waals surface area contributed by atoms with Gasteiger partial charge in [0.05, 0.1) is 4.88 Å². The molecule has 1 amide bonds. The first kappa shape index (κ1) is 19.6. The fourth-order valence-electron chi connectivity index (χ4n) is 2.54. The maximum Gasteiger partial charge on any atom is 0.220 e. The number of thiophene rings is 1. The SMILES string of the molecule is CC(C)CNC(=O)CCCSc1nnc(-c2cccs2)n1-c1ccccc1. The summed E-state index contributed by atoms with van der Waals surface area (Å²) in [5.41, 5.74) is 1.04. The zero-order valence-corrected chi connectivity index (χ0v) is 17.2. The van der Waals surface area contributed by atoms with Crippen molar-refractivity contribution in [3.8, 4) is 16.4 Å². The van der Waals surface area contributed by atoms with Crippen LogP contribution in [0.3, 0.4) is 0 Å². The second-order valence-electron chi connectivity index (χ2n) is 6.60. The number of para-hydroxylation sites is 1. The van der Waals surface area contributed by atoms with E-state index in [-0.39, 0.29) is 5.91 Å². The van der Waals surface area contributed by atoms with Crippen molar-refractivity contribution in [3.63, 3.8) is 0 Å². The molecule has 27 heavy (non-hydrogen) atoms. The number of nitrogens with one attached hydrogen (secondary N) is 1. The molecule has 5 nitrogen and oxygen atoms in total. The highest BCUT2D eigenvalue weighted by Crippen LogP contribution is 2.30. The van der Waals surface area contributed by atoms with Gasteiger partial charge in [0.15, 0.2) is 11.0 Å². The average molecular weight is 401 g/mol.